The largest absolute Gasteiger partial charge is 0.383 e. The van der Waals surface area contributed by atoms with Crippen LogP contribution in [0.25, 0.3) is 0 Å². The summed E-state index contributed by atoms with van der Waals surface area (Å²) < 4.78 is 1.62. The Morgan fingerprint density at radius 3 is 2.95 bits per heavy atom. The topological polar surface area (TPSA) is 79.2 Å². The highest BCUT2D eigenvalue weighted by atomic mass is 16.3. The van der Waals surface area contributed by atoms with Crippen molar-refractivity contribution in [3.63, 3.8) is 0 Å². The van der Waals surface area contributed by atoms with Gasteiger partial charge in [0.2, 0.25) is 0 Å². The van der Waals surface area contributed by atoms with Crippen LogP contribution >= 0.6 is 0 Å². The number of aliphatic hydroxyl groups is 1. The van der Waals surface area contributed by atoms with Crippen LogP contribution < -0.4 is 10.6 Å². The maximum Gasteiger partial charge on any atom is 0.315 e. The Labute approximate surface area is 113 Å². The molecule has 1 aliphatic carbocycles. The van der Waals surface area contributed by atoms with E-state index in [-0.39, 0.29) is 12.6 Å². The van der Waals surface area contributed by atoms with Crippen LogP contribution in [-0.4, -0.2) is 33.5 Å². The molecule has 1 aromatic heterocycles. The quantitative estimate of drug-likeness (QED) is 0.735. The molecule has 1 saturated carbocycles. The lowest BCUT2D eigenvalue weighted by Crippen LogP contribution is -2.44. The van der Waals surface area contributed by atoms with Gasteiger partial charge in [0.15, 0.2) is 0 Å². The molecule has 2 amide bonds. The summed E-state index contributed by atoms with van der Waals surface area (Å²) in [6.45, 7) is 3.95. The smallest absolute Gasteiger partial charge is 0.315 e. The molecule has 106 valence electrons. The first-order valence-corrected chi connectivity index (χ1v) is 6.68. The van der Waals surface area contributed by atoms with Gasteiger partial charge in [-0.3, -0.25) is 4.68 Å². The van der Waals surface area contributed by atoms with Crippen LogP contribution in [0.3, 0.4) is 0 Å². The summed E-state index contributed by atoms with van der Waals surface area (Å²) >= 11 is 0. The van der Waals surface area contributed by atoms with Crippen LogP contribution in [0.15, 0.2) is 12.4 Å². The van der Waals surface area contributed by atoms with Gasteiger partial charge in [-0.1, -0.05) is 13.3 Å². The van der Waals surface area contributed by atoms with Gasteiger partial charge < -0.3 is 15.7 Å². The molecule has 1 aromatic rings. The number of amides is 2. The Balaban J connectivity index is 1.79. The fourth-order valence-electron chi connectivity index (χ4n) is 2.15. The van der Waals surface area contributed by atoms with Crippen LogP contribution in [0.4, 0.5) is 4.79 Å². The molecular formula is C13H22N4O2. The molecule has 0 bridgehead atoms. The van der Waals surface area contributed by atoms with Crippen molar-refractivity contribution >= 4 is 6.03 Å². The summed E-state index contributed by atoms with van der Waals surface area (Å²) in [6.07, 6.45) is 5.50. The SMILES string of the molecule is CC[C@@H]1C[C@H]1NC(=O)NC[C@@](C)(O)c1cnn(C)c1. The lowest BCUT2D eigenvalue weighted by atomic mass is 10.00. The zero-order valence-corrected chi connectivity index (χ0v) is 11.7. The molecule has 2 rings (SSSR count). The Bertz CT molecular complexity index is 455. The molecule has 1 fully saturated rings. The predicted octanol–water partition coefficient (Wildman–Crippen LogP) is 0.725. The molecule has 1 heterocycles. The Kier molecular flexibility index (Phi) is 3.80. The van der Waals surface area contributed by atoms with Gasteiger partial charge in [-0.15, -0.1) is 0 Å². The van der Waals surface area contributed by atoms with Crippen LogP contribution in [-0.2, 0) is 12.6 Å². The van der Waals surface area contributed by atoms with E-state index in [1.54, 1.807) is 31.0 Å². The number of carbonyl (C=O) groups is 1. The average Bonchev–Trinajstić information content (AvgIpc) is 2.95. The number of rotatable bonds is 5. The summed E-state index contributed by atoms with van der Waals surface area (Å²) in [7, 11) is 1.79. The van der Waals surface area contributed by atoms with Crippen LogP contribution in [0.1, 0.15) is 32.3 Å². The highest BCUT2D eigenvalue weighted by Crippen LogP contribution is 2.32. The van der Waals surface area contributed by atoms with Crippen molar-refractivity contribution in [3.05, 3.63) is 18.0 Å². The maximum atomic E-state index is 11.7. The summed E-state index contributed by atoms with van der Waals surface area (Å²) in [5, 5.41) is 19.9. The van der Waals surface area contributed by atoms with Crippen molar-refractivity contribution in [3.8, 4) is 0 Å². The molecule has 0 aliphatic heterocycles. The number of hydrogen-bond acceptors (Lipinski definition) is 3. The van der Waals surface area contributed by atoms with Crippen LogP contribution in [0, 0.1) is 5.92 Å². The van der Waals surface area contributed by atoms with Gasteiger partial charge in [0.25, 0.3) is 0 Å². The van der Waals surface area contributed by atoms with Gasteiger partial charge in [-0.05, 0) is 19.3 Å². The number of nitrogens with one attached hydrogen (secondary N) is 2. The Morgan fingerprint density at radius 1 is 1.68 bits per heavy atom. The molecule has 6 heteroatoms. The molecule has 0 radical (unpaired) electrons. The molecular weight excluding hydrogens is 244 g/mol. The molecule has 3 N–H and O–H groups in total. The number of carbonyl (C=O) groups excluding carboxylic acids is 1. The third-order valence-electron chi connectivity index (χ3n) is 3.68. The summed E-state index contributed by atoms with van der Waals surface area (Å²) in [4.78, 5) is 11.7. The third kappa shape index (κ3) is 3.47. The lowest BCUT2D eigenvalue weighted by Gasteiger charge is -2.22. The average molecular weight is 266 g/mol. The van der Waals surface area contributed by atoms with E-state index in [4.69, 9.17) is 0 Å². The van der Waals surface area contributed by atoms with Gasteiger partial charge in [-0.25, -0.2) is 4.79 Å². The second-order valence-corrected chi connectivity index (χ2v) is 5.51. The third-order valence-corrected chi connectivity index (χ3v) is 3.68. The minimum absolute atomic E-state index is 0.161. The predicted molar refractivity (Wildman–Crippen MR) is 71.5 cm³/mol. The van der Waals surface area contributed by atoms with Crippen LogP contribution in [0.5, 0.6) is 0 Å². The second-order valence-electron chi connectivity index (χ2n) is 5.51. The van der Waals surface area contributed by atoms with E-state index >= 15 is 0 Å². The zero-order valence-electron chi connectivity index (χ0n) is 11.7. The fraction of sp³-hybridized carbons (Fsp3) is 0.692. The van der Waals surface area contributed by atoms with E-state index in [0.717, 1.165) is 12.8 Å². The van der Waals surface area contributed by atoms with Crippen molar-refractivity contribution < 1.29 is 9.90 Å². The first-order valence-electron chi connectivity index (χ1n) is 6.68. The van der Waals surface area contributed by atoms with E-state index in [9.17, 15) is 9.90 Å². The maximum absolute atomic E-state index is 11.7. The Morgan fingerprint density at radius 2 is 2.42 bits per heavy atom. The molecule has 1 aliphatic rings. The highest BCUT2D eigenvalue weighted by Gasteiger charge is 2.36. The van der Waals surface area contributed by atoms with E-state index in [0.29, 0.717) is 17.5 Å². The minimum Gasteiger partial charge on any atom is -0.383 e. The van der Waals surface area contributed by atoms with Crippen molar-refractivity contribution in [2.75, 3.05) is 6.54 Å². The number of nitrogens with zero attached hydrogens (tertiary/aromatic N) is 2. The minimum atomic E-state index is -1.11. The zero-order chi connectivity index (χ0) is 14.0. The number of hydrogen-bond donors (Lipinski definition) is 3. The van der Waals surface area contributed by atoms with Gasteiger partial charge in [0, 0.05) is 24.8 Å². The van der Waals surface area contributed by atoms with E-state index in [1.165, 1.54) is 0 Å². The van der Waals surface area contributed by atoms with Gasteiger partial charge in [-0.2, -0.15) is 5.10 Å². The van der Waals surface area contributed by atoms with E-state index in [2.05, 4.69) is 22.7 Å². The van der Waals surface area contributed by atoms with Gasteiger partial charge in [0.05, 0.1) is 12.7 Å². The summed E-state index contributed by atoms with van der Waals surface area (Å²) in [5.41, 5.74) is -0.424. The summed E-state index contributed by atoms with van der Waals surface area (Å²) in [5.74, 6) is 0.615. The van der Waals surface area contributed by atoms with Crippen molar-refractivity contribution in [2.24, 2.45) is 13.0 Å². The molecule has 3 atom stereocenters. The summed E-state index contributed by atoms with van der Waals surface area (Å²) in [6, 6.07) is 0.0819. The molecule has 0 aromatic carbocycles. The van der Waals surface area contributed by atoms with Crippen molar-refractivity contribution in [2.45, 2.75) is 38.3 Å². The lowest BCUT2D eigenvalue weighted by molar-refractivity contribution is 0.0593. The normalized spacial score (nSPS) is 24.6. The number of urea groups is 1. The van der Waals surface area contributed by atoms with Gasteiger partial charge >= 0.3 is 6.03 Å². The van der Waals surface area contributed by atoms with Crippen LogP contribution in [0.2, 0.25) is 0 Å². The standard InChI is InChI=1S/C13H22N4O2/c1-4-9-5-11(9)16-12(18)14-8-13(2,19)10-6-15-17(3)7-10/h6-7,9,11,19H,4-5,8H2,1-3H3,(H2,14,16,18)/t9-,11-,13-/m1/s1. The Hall–Kier alpha value is -1.56. The van der Waals surface area contributed by atoms with E-state index in [1.807, 2.05) is 0 Å². The molecule has 0 unspecified atom stereocenters. The first-order chi connectivity index (χ1) is 8.92. The number of aromatic nitrogens is 2. The van der Waals surface area contributed by atoms with Gasteiger partial charge in [0.1, 0.15) is 5.60 Å². The number of aryl methyl sites for hydroxylation is 1. The van der Waals surface area contributed by atoms with Crippen molar-refractivity contribution in [1.82, 2.24) is 20.4 Å². The molecule has 19 heavy (non-hydrogen) atoms. The highest BCUT2D eigenvalue weighted by molar-refractivity contribution is 5.74. The molecule has 6 nitrogen and oxygen atoms in total. The van der Waals surface area contributed by atoms with E-state index < -0.39 is 5.60 Å². The fourth-order valence-corrected chi connectivity index (χ4v) is 2.15. The molecule has 0 saturated heterocycles. The van der Waals surface area contributed by atoms with Crippen molar-refractivity contribution in [1.29, 1.82) is 0 Å². The second kappa shape index (κ2) is 5.21. The monoisotopic (exact) mass is 266 g/mol. The first kappa shape index (κ1) is 13.9. The molecule has 0 spiro atoms.